The third-order valence-electron chi connectivity index (χ3n) is 2.77. The minimum Gasteiger partial charge on any atom is -0.320 e. The normalized spacial score (nSPS) is 10.6. The van der Waals surface area contributed by atoms with E-state index in [-0.39, 0.29) is 11.4 Å². The van der Waals surface area contributed by atoms with Crippen LogP contribution in [0.1, 0.15) is 11.1 Å². The van der Waals surface area contributed by atoms with Crippen molar-refractivity contribution in [2.24, 2.45) is 5.73 Å². The molecule has 0 saturated heterocycles. The third-order valence-corrected chi connectivity index (χ3v) is 4.14. The van der Waals surface area contributed by atoms with Crippen LogP contribution < -0.4 is 10.5 Å². The number of nitrogens with two attached hydrogens (primary N) is 1. The van der Waals surface area contributed by atoms with Gasteiger partial charge >= 0.3 is 0 Å². The van der Waals surface area contributed by atoms with Gasteiger partial charge in [0.15, 0.2) is 0 Å². The number of benzene rings is 1. The summed E-state index contributed by atoms with van der Waals surface area (Å²) in [5, 5.41) is 0. The van der Waals surface area contributed by atoms with E-state index in [0.29, 0.717) is 5.69 Å². The summed E-state index contributed by atoms with van der Waals surface area (Å²) in [6, 6.07) is 7.97. The van der Waals surface area contributed by atoms with Gasteiger partial charge in [0.05, 0.1) is 17.1 Å². The van der Waals surface area contributed by atoms with Gasteiger partial charge in [-0.2, -0.15) is 0 Å². The molecule has 0 amide bonds. The number of anilines is 1. The number of nitrogens with one attached hydrogen (secondary N) is 1. The maximum absolute atomic E-state index is 12.3. The smallest absolute Gasteiger partial charge is 0.261 e. The zero-order valence-corrected chi connectivity index (χ0v) is 12.3. The molecule has 21 heavy (non-hydrogen) atoms. The molecule has 5 nitrogen and oxygen atoms in total. The van der Waals surface area contributed by atoms with Crippen LogP contribution in [0.5, 0.6) is 0 Å². The van der Waals surface area contributed by atoms with Crippen LogP contribution in [-0.2, 0) is 10.0 Å². The average Bonchev–Trinajstić information content (AvgIpc) is 2.46. The number of aryl methyl sites for hydroxylation is 1. The lowest BCUT2D eigenvalue weighted by atomic mass is 10.1. The summed E-state index contributed by atoms with van der Waals surface area (Å²) in [5.74, 6) is 5.65. The zero-order chi connectivity index (χ0) is 15.3. The molecule has 1 aromatic heterocycles. The monoisotopic (exact) mass is 301 g/mol. The summed E-state index contributed by atoms with van der Waals surface area (Å²) in [6.07, 6.45) is 3.04. The van der Waals surface area contributed by atoms with Gasteiger partial charge in [0.25, 0.3) is 10.0 Å². The summed E-state index contributed by atoms with van der Waals surface area (Å²) in [5.41, 5.74) is 7.35. The van der Waals surface area contributed by atoms with Crippen LogP contribution in [0, 0.1) is 18.8 Å². The van der Waals surface area contributed by atoms with Gasteiger partial charge in [-0.15, -0.1) is 0 Å². The first-order chi connectivity index (χ1) is 10.0. The van der Waals surface area contributed by atoms with Gasteiger partial charge in [-0.3, -0.25) is 9.71 Å². The van der Waals surface area contributed by atoms with Crippen molar-refractivity contribution < 1.29 is 8.42 Å². The molecule has 0 aliphatic rings. The molecule has 2 aromatic rings. The Labute approximate surface area is 124 Å². The molecule has 0 aliphatic carbocycles. The summed E-state index contributed by atoms with van der Waals surface area (Å²) in [4.78, 5) is 4.03. The Balaban J connectivity index is 2.31. The minimum absolute atomic E-state index is 0.190. The van der Waals surface area contributed by atoms with Crippen molar-refractivity contribution in [3.63, 3.8) is 0 Å². The summed E-state index contributed by atoms with van der Waals surface area (Å²) in [7, 11) is -3.62. The molecule has 1 aromatic carbocycles. The molecule has 0 saturated carbocycles. The molecule has 0 bridgehead atoms. The number of pyridine rings is 1. The van der Waals surface area contributed by atoms with E-state index < -0.39 is 10.0 Å². The van der Waals surface area contributed by atoms with E-state index >= 15 is 0 Å². The molecule has 0 radical (unpaired) electrons. The Kier molecular flexibility index (Phi) is 4.58. The second-order valence-corrected chi connectivity index (χ2v) is 6.01. The highest BCUT2D eigenvalue weighted by Gasteiger charge is 2.14. The van der Waals surface area contributed by atoms with Crippen molar-refractivity contribution in [3.05, 3.63) is 53.9 Å². The fraction of sp³-hybridized carbons (Fsp3) is 0.133. The van der Waals surface area contributed by atoms with Crippen molar-refractivity contribution in [1.82, 2.24) is 4.98 Å². The maximum Gasteiger partial charge on any atom is 0.261 e. The van der Waals surface area contributed by atoms with Gasteiger partial charge in [0, 0.05) is 18.0 Å². The Bertz CT molecular complexity index is 791. The standard InChI is InChI=1S/C15H15N3O2S/c1-12-11-15(5-4-13(12)3-2-8-16)21(19,20)18-14-6-9-17-10-7-14/h4-7,9-11H,8,16H2,1H3,(H,17,18). The molecule has 6 heteroatoms. The van der Waals surface area contributed by atoms with E-state index in [9.17, 15) is 8.42 Å². The summed E-state index contributed by atoms with van der Waals surface area (Å²) in [6.45, 7) is 2.08. The lowest BCUT2D eigenvalue weighted by Crippen LogP contribution is -2.13. The topological polar surface area (TPSA) is 85.1 Å². The molecule has 0 atom stereocenters. The first-order valence-electron chi connectivity index (χ1n) is 6.25. The Morgan fingerprint density at radius 3 is 2.57 bits per heavy atom. The van der Waals surface area contributed by atoms with Crippen molar-refractivity contribution in [3.8, 4) is 11.8 Å². The molecule has 0 fully saturated rings. The van der Waals surface area contributed by atoms with Crippen LogP contribution in [0.15, 0.2) is 47.6 Å². The van der Waals surface area contributed by atoms with Crippen molar-refractivity contribution in [2.75, 3.05) is 11.3 Å². The van der Waals surface area contributed by atoms with E-state index in [4.69, 9.17) is 5.73 Å². The minimum atomic E-state index is -3.62. The third kappa shape index (κ3) is 3.81. The van der Waals surface area contributed by atoms with E-state index in [1.54, 1.807) is 24.3 Å². The highest BCUT2D eigenvalue weighted by Crippen LogP contribution is 2.18. The zero-order valence-electron chi connectivity index (χ0n) is 11.5. The van der Waals surface area contributed by atoms with Crippen LogP contribution in [0.4, 0.5) is 5.69 Å². The van der Waals surface area contributed by atoms with Crippen molar-refractivity contribution in [1.29, 1.82) is 0 Å². The van der Waals surface area contributed by atoms with E-state index in [1.165, 1.54) is 18.5 Å². The van der Waals surface area contributed by atoms with Crippen LogP contribution in [0.2, 0.25) is 0 Å². The highest BCUT2D eigenvalue weighted by molar-refractivity contribution is 7.92. The SMILES string of the molecule is Cc1cc(S(=O)(=O)Nc2ccncc2)ccc1C#CCN. The average molecular weight is 301 g/mol. The Morgan fingerprint density at radius 1 is 1.24 bits per heavy atom. The van der Waals surface area contributed by atoms with Gasteiger partial charge < -0.3 is 5.73 Å². The van der Waals surface area contributed by atoms with Gasteiger partial charge in [-0.1, -0.05) is 11.8 Å². The Morgan fingerprint density at radius 2 is 1.95 bits per heavy atom. The fourth-order valence-electron chi connectivity index (χ4n) is 1.72. The van der Waals surface area contributed by atoms with Crippen LogP contribution >= 0.6 is 0 Å². The molecule has 0 aliphatic heterocycles. The number of hydrogen-bond donors (Lipinski definition) is 2. The van der Waals surface area contributed by atoms with Crippen molar-refractivity contribution >= 4 is 15.7 Å². The number of nitrogens with zero attached hydrogens (tertiary/aromatic N) is 1. The van der Waals surface area contributed by atoms with Gasteiger partial charge in [-0.05, 0) is 42.8 Å². The predicted octanol–water partition coefficient (Wildman–Crippen LogP) is 1.50. The molecule has 1 heterocycles. The molecule has 0 spiro atoms. The lowest BCUT2D eigenvalue weighted by Gasteiger charge is -2.09. The van der Waals surface area contributed by atoms with Crippen LogP contribution in [0.3, 0.4) is 0 Å². The summed E-state index contributed by atoms with van der Waals surface area (Å²) >= 11 is 0. The Hall–Kier alpha value is -2.36. The number of rotatable bonds is 3. The quantitative estimate of drug-likeness (QED) is 0.841. The largest absolute Gasteiger partial charge is 0.320 e. The molecule has 0 unspecified atom stereocenters. The first kappa shape index (κ1) is 15.0. The van der Waals surface area contributed by atoms with Gasteiger partial charge in [-0.25, -0.2) is 8.42 Å². The summed E-state index contributed by atoms with van der Waals surface area (Å²) < 4.78 is 27.1. The number of sulfonamides is 1. The van der Waals surface area contributed by atoms with Crippen LogP contribution in [0.25, 0.3) is 0 Å². The van der Waals surface area contributed by atoms with Crippen LogP contribution in [-0.4, -0.2) is 19.9 Å². The molecule has 3 N–H and O–H groups in total. The number of aromatic nitrogens is 1. The second-order valence-electron chi connectivity index (χ2n) is 4.32. The van der Waals surface area contributed by atoms with Crippen molar-refractivity contribution in [2.45, 2.75) is 11.8 Å². The van der Waals surface area contributed by atoms with Gasteiger partial charge in [0.1, 0.15) is 0 Å². The molecular formula is C15H15N3O2S. The predicted molar refractivity (Wildman–Crippen MR) is 82.2 cm³/mol. The fourth-order valence-corrected chi connectivity index (χ4v) is 2.87. The molecule has 108 valence electrons. The van der Waals surface area contributed by atoms with Gasteiger partial charge in [0.2, 0.25) is 0 Å². The second kappa shape index (κ2) is 6.39. The lowest BCUT2D eigenvalue weighted by molar-refractivity contribution is 0.601. The highest BCUT2D eigenvalue weighted by atomic mass is 32.2. The van der Waals surface area contributed by atoms with E-state index in [0.717, 1.165) is 11.1 Å². The first-order valence-corrected chi connectivity index (χ1v) is 7.73. The molecule has 2 rings (SSSR count). The molecular weight excluding hydrogens is 286 g/mol. The number of hydrogen-bond acceptors (Lipinski definition) is 4. The van der Waals surface area contributed by atoms with E-state index in [2.05, 4.69) is 21.5 Å². The maximum atomic E-state index is 12.3. The van der Waals surface area contributed by atoms with E-state index in [1.807, 2.05) is 6.92 Å².